The average Bonchev–Trinajstić information content (AvgIpc) is 2.34. The van der Waals surface area contributed by atoms with Gasteiger partial charge in [0.05, 0.1) is 6.61 Å². The minimum atomic E-state index is -0.211. The standard InChI is InChI=1S/C12H17BrN4O2/c1-15-9(7-19-3)5-11(14)16-10-4-8(13)6-17(2)12(10)18/h4-6,15H,7H2,1-3H3,(H2,14,16)/b9-5-. The van der Waals surface area contributed by atoms with Crippen molar-refractivity contribution in [2.45, 2.75) is 0 Å². The first-order valence-corrected chi connectivity index (χ1v) is 6.34. The number of amidine groups is 1. The van der Waals surface area contributed by atoms with Crippen LogP contribution in [0.2, 0.25) is 0 Å². The molecule has 7 heteroatoms. The fourth-order valence-corrected chi connectivity index (χ4v) is 1.95. The summed E-state index contributed by atoms with van der Waals surface area (Å²) in [4.78, 5) is 16.0. The van der Waals surface area contributed by atoms with Gasteiger partial charge in [0.25, 0.3) is 5.56 Å². The van der Waals surface area contributed by atoms with Crippen LogP contribution >= 0.6 is 15.9 Å². The summed E-state index contributed by atoms with van der Waals surface area (Å²) >= 11 is 3.31. The van der Waals surface area contributed by atoms with E-state index in [0.717, 1.165) is 10.2 Å². The van der Waals surface area contributed by atoms with Crippen LogP contribution in [0.15, 0.2) is 38.3 Å². The quantitative estimate of drug-likeness (QED) is 0.621. The van der Waals surface area contributed by atoms with E-state index in [1.165, 1.54) is 4.57 Å². The lowest BCUT2D eigenvalue weighted by Gasteiger charge is -2.05. The van der Waals surface area contributed by atoms with Crippen molar-refractivity contribution in [3.05, 3.63) is 38.9 Å². The van der Waals surface area contributed by atoms with Gasteiger partial charge in [-0.1, -0.05) is 0 Å². The Labute approximate surface area is 120 Å². The molecule has 3 N–H and O–H groups in total. The van der Waals surface area contributed by atoms with E-state index in [9.17, 15) is 4.79 Å². The SMILES string of the molecule is CN/C(=C\C(N)=Nc1cc(Br)cn(C)c1=O)COC. The number of nitrogens with zero attached hydrogens (tertiary/aromatic N) is 2. The van der Waals surface area contributed by atoms with Gasteiger partial charge in [0, 0.05) is 43.6 Å². The van der Waals surface area contributed by atoms with Crippen LogP contribution in [0.5, 0.6) is 0 Å². The number of rotatable bonds is 5. The molecule has 0 amide bonds. The number of methoxy groups -OCH3 is 1. The van der Waals surface area contributed by atoms with Gasteiger partial charge in [-0.2, -0.15) is 0 Å². The van der Waals surface area contributed by atoms with Crippen molar-refractivity contribution < 1.29 is 4.74 Å². The summed E-state index contributed by atoms with van der Waals surface area (Å²) < 4.78 is 7.19. The highest BCUT2D eigenvalue weighted by Gasteiger charge is 2.03. The van der Waals surface area contributed by atoms with Crippen LogP contribution in [0.1, 0.15) is 0 Å². The molecule has 1 rings (SSSR count). The lowest BCUT2D eigenvalue weighted by Crippen LogP contribution is -2.19. The van der Waals surface area contributed by atoms with Crippen LogP contribution < -0.4 is 16.6 Å². The zero-order chi connectivity index (χ0) is 14.4. The Morgan fingerprint density at radius 2 is 2.37 bits per heavy atom. The first kappa shape index (κ1) is 15.5. The molecule has 0 fully saturated rings. The predicted molar refractivity (Wildman–Crippen MR) is 79.7 cm³/mol. The van der Waals surface area contributed by atoms with Crippen molar-refractivity contribution in [2.75, 3.05) is 20.8 Å². The zero-order valence-electron chi connectivity index (χ0n) is 11.1. The largest absolute Gasteiger partial charge is 0.389 e. The third-order valence-electron chi connectivity index (χ3n) is 2.32. The van der Waals surface area contributed by atoms with Crippen molar-refractivity contribution in [1.29, 1.82) is 0 Å². The number of halogens is 1. The molecule has 1 aromatic rings. The van der Waals surface area contributed by atoms with Crippen molar-refractivity contribution in [1.82, 2.24) is 9.88 Å². The number of ether oxygens (including phenoxy) is 1. The van der Waals surface area contributed by atoms with Crippen molar-refractivity contribution in [2.24, 2.45) is 17.8 Å². The van der Waals surface area contributed by atoms with Gasteiger partial charge in [0.15, 0.2) is 0 Å². The Morgan fingerprint density at radius 3 is 2.95 bits per heavy atom. The van der Waals surface area contributed by atoms with Gasteiger partial charge in [-0.3, -0.25) is 4.79 Å². The third-order valence-corrected chi connectivity index (χ3v) is 2.76. The van der Waals surface area contributed by atoms with Crippen LogP contribution in [0.4, 0.5) is 5.69 Å². The second-order valence-electron chi connectivity index (χ2n) is 3.85. The summed E-state index contributed by atoms with van der Waals surface area (Å²) in [5.41, 5.74) is 6.64. The molecular weight excluding hydrogens is 312 g/mol. The molecule has 0 saturated heterocycles. The molecular formula is C12H17BrN4O2. The smallest absolute Gasteiger partial charge is 0.276 e. The number of aromatic nitrogens is 1. The van der Waals surface area contributed by atoms with E-state index in [1.54, 1.807) is 39.5 Å². The van der Waals surface area contributed by atoms with E-state index in [2.05, 4.69) is 26.2 Å². The third kappa shape index (κ3) is 4.53. The molecule has 0 aromatic carbocycles. The van der Waals surface area contributed by atoms with Gasteiger partial charge in [0.1, 0.15) is 11.5 Å². The van der Waals surface area contributed by atoms with Crippen molar-refractivity contribution >= 4 is 27.5 Å². The number of pyridine rings is 1. The van der Waals surface area contributed by atoms with Crippen LogP contribution in [0.3, 0.4) is 0 Å². The summed E-state index contributed by atoms with van der Waals surface area (Å²) in [6.45, 7) is 0.392. The van der Waals surface area contributed by atoms with Gasteiger partial charge in [-0.05, 0) is 22.0 Å². The summed E-state index contributed by atoms with van der Waals surface area (Å²) in [6.07, 6.45) is 3.29. The predicted octanol–water partition coefficient (Wildman–Crippen LogP) is 0.886. The Bertz CT molecular complexity index is 563. The van der Waals surface area contributed by atoms with E-state index in [-0.39, 0.29) is 17.1 Å². The number of hydrogen-bond donors (Lipinski definition) is 2. The van der Waals surface area contributed by atoms with Crippen LogP contribution in [-0.4, -0.2) is 31.2 Å². The molecule has 19 heavy (non-hydrogen) atoms. The molecule has 0 spiro atoms. The fourth-order valence-electron chi connectivity index (χ4n) is 1.43. The number of aryl methyl sites for hydroxylation is 1. The minimum absolute atomic E-state index is 0.211. The van der Waals surface area contributed by atoms with E-state index in [4.69, 9.17) is 10.5 Å². The first-order valence-electron chi connectivity index (χ1n) is 5.55. The van der Waals surface area contributed by atoms with E-state index < -0.39 is 0 Å². The molecule has 1 aromatic heterocycles. The monoisotopic (exact) mass is 328 g/mol. The van der Waals surface area contributed by atoms with E-state index >= 15 is 0 Å². The van der Waals surface area contributed by atoms with E-state index in [1.807, 2.05) is 0 Å². The highest BCUT2D eigenvalue weighted by atomic mass is 79.9. The molecule has 0 bridgehead atoms. The molecule has 6 nitrogen and oxygen atoms in total. The van der Waals surface area contributed by atoms with Gasteiger partial charge < -0.3 is 20.4 Å². The summed E-state index contributed by atoms with van der Waals surface area (Å²) in [7, 11) is 5.00. The van der Waals surface area contributed by atoms with Crippen LogP contribution in [0, 0.1) is 0 Å². The molecule has 0 saturated carbocycles. The number of likely N-dealkylation sites (N-methyl/N-ethyl adjacent to an activating group) is 1. The van der Waals surface area contributed by atoms with Gasteiger partial charge in [-0.25, -0.2) is 4.99 Å². The normalized spacial score (nSPS) is 12.6. The lowest BCUT2D eigenvalue weighted by molar-refractivity contribution is 0.221. The van der Waals surface area contributed by atoms with Gasteiger partial charge in [0.2, 0.25) is 0 Å². The highest BCUT2D eigenvalue weighted by molar-refractivity contribution is 9.10. The molecule has 0 aliphatic rings. The molecule has 0 atom stereocenters. The topological polar surface area (TPSA) is 81.6 Å². The Balaban J connectivity index is 3.12. The van der Waals surface area contributed by atoms with Crippen LogP contribution in [-0.2, 0) is 11.8 Å². The molecule has 1 heterocycles. The molecule has 0 aliphatic carbocycles. The number of aliphatic imine (C=N–C) groups is 1. The summed E-state index contributed by atoms with van der Waals surface area (Å²) in [5, 5.41) is 2.94. The lowest BCUT2D eigenvalue weighted by atomic mass is 10.3. The minimum Gasteiger partial charge on any atom is -0.389 e. The molecule has 104 valence electrons. The Morgan fingerprint density at radius 1 is 1.68 bits per heavy atom. The van der Waals surface area contributed by atoms with E-state index in [0.29, 0.717) is 6.61 Å². The average molecular weight is 329 g/mol. The van der Waals surface area contributed by atoms with Crippen molar-refractivity contribution in [3.8, 4) is 0 Å². The van der Waals surface area contributed by atoms with Crippen LogP contribution in [0.25, 0.3) is 0 Å². The maximum Gasteiger partial charge on any atom is 0.276 e. The molecule has 0 radical (unpaired) electrons. The van der Waals surface area contributed by atoms with Gasteiger partial charge >= 0.3 is 0 Å². The zero-order valence-corrected chi connectivity index (χ0v) is 12.7. The second-order valence-corrected chi connectivity index (χ2v) is 4.76. The maximum absolute atomic E-state index is 11.9. The number of nitrogens with one attached hydrogen (secondary N) is 1. The fraction of sp³-hybridized carbons (Fsp3) is 0.333. The second kappa shape index (κ2) is 7.10. The molecule has 0 aliphatic heterocycles. The highest BCUT2D eigenvalue weighted by Crippen LogP contribution is 2.13. The van der Waals surface area contributed by atoms with Crippen molar-refractivity contribution in [3.63, 3.8) is 0 Å². The summed E-state index contributed by atoms with van der Waals surface area (Å²) in [6, 6.07) is 1.62. The maximum atomic E-state index is 11.9. The molecule has 0 unspecified atom stereocenters. The number of hydrogen-bond acceptors (Lipinski definition) is 4. The Kier molecular flexibility index (Phi) is 5.78. The Hall–Kier alpha value is -1.60. The number of nitrogens with two attached hydrogens (primary N) is 1. The first-order chi connectivity index (χ1) is 8.97. The van der Waals surface area contributed by atoms with Gasteiger partial charge in [-0.15, -0.1) is 0 Å². The summed E-state index contributed by atoms with van der Waals surface area (Å²) in [5.74, 6) is 0.233.